The van der Waals surface area contributed by atoms with E-state index in [4.69, 9.17) is 18.9 Å². The molecule has 2 aromatic rings. The largest absolute Gasteiger partial charge is 0.494 e. The summed E-state index contributed by atoms with van der Waals surface area (Å²) in [6.07, 6.45) is 13.5. The second kappa shape index (κ2) is 19.0. The Hall–Kier alpha value is -4.14. The van der Waals surface area contributed by atoms with E-state index in [0.717, 1.165) is 68.9 Å². The second-order valence-electron chi connectivity index (χ2n) is 13.1. The Labute approximate surface area is 284 Å². The van der Waals surface area contributed by atoms with Crippen molar-refractivity contribution in [3.8, 4) is 17.2 Å². The quantitative estimate of drug-likeness (QED) is 0.0769. The SMILES string of the molecule is C=CC(=O)OCCCCCCOc1ccc(OC(=O)C2CCC(C(=O)Oc3ccc(C4CCC(CCC)CC4)cc3C(=O)O)CC2)cc1. The van der Waals surface area contributed by atoms with Crippen LogP contribution < -0.4 is 14.2 Å². The predicted octanol–water partition coefficient (Wildman–Crippen LogP) is 8.44. The lowest BCUT2D eigenvalue weighted by molar-refractivity contribution is -0.145. The second-order valence-corrected chi connectivity index (χ2v) is 13.1. The molecule has 2 aliphatic rings. The van der Waals surface area contributed by atoms with Gasteiger partial charge in [-0.1, -0.05) is 32.4 Å². The first-order valence-electron chi connectivity index (χ1n) is 17.6. The van der Waals surface area contributed by atoms with E-state index in [1.807, 2.05) is 6.07 Å². The lowest BCUT2D eigenvalue weighted by atomic mass is 9.77. The maximum absolute atomic E-state index is 13.0. The molecule has 2 saturated carbocycles. The number of rotatable bonds is 17. The van der Waals surface area contributed by atoms with Crippen LogP contribution in [0.2, 0.25) is 0 Å². The van der Waals surface area contributed by atoms with Crippen LogP contribution in [0, 0.1) is 17.8 Å². The zero-order valence-electron chi connectivity index (χ0n) is 28.2. The van der Waals surface area contributed by atoms with Crippen LogP contribution in [-0.4, -0.2) is 42.2 Å². The van der Waals surface area contributed by atoms with Gasteiger partial charge < -0.3 is 24.1 Å². The fourth-order valence-corrected chi connectivity index (χ4v) is 6.79. The molecule has 0 amide bonds. The Bertz CT molecular complexity index is 1370. The van der Waals surface area contributed by atoms with E-state index in [-0.39, 0.29) is 23.2 Å². The van der Waals surface area contributed by atoms with Gasteiger partial charge in [-0.2, -0.15) is 0 Å². The first-order chi connectivity index (χ1) is 23.3. The summed E-state index contributed by atoms with van der Waals surface area (Å²) in [4.78, 5) is 49.0. The predicted molar refractivity (Wildman–Crippen MR) is 181 cm³/mol. The minimum atomic E-state index is -1.11. The van der Waals surface area contributed by atoms with Gasteiger partial charge in [0.1, 0.15) is 22.8 Å². The van der Waals surface area contributed by atoms with Gasteiger partial charge in [-0.05, 0) is 131 Å². The van der Waals surface area contributed by atoms with Crippen LogP contribution >= 0.6 is 0 Å². The molecule has 9 heteroatoms. The van der Waals surface area contributed by atoms with E-state index in [1.54, 1.807) is 36.4 Å². The van der Waals surface area contributed by atoms with E-state index < -0.39 is 23.8 Å². The molecule has 0 bridgehead atoms. The molecular weight excluding hydrogens is 612 g/mol. The van der Waals surface area contributed by atoms with Crippen molar-refractivity contribution in [3.05, 3.63) is 66.2 Å². The van der Waals surface area contributed by atoms with Crippen molar-refractivity contribution in [2.24, 2.45) is 17.8 Å². The maximum atomic E-state index is 13.0. The zero-order valence-corrected chi connectivity index (χ0v) is 28.2. The standard InChI is InChI=1S/C39H50O9/c1-3-9-27-10-12-28(13-11-27)31-18-23-35(34(26-31)37(41)42)48-39(44)30-16-14-29(15-17-30)38(43)47-33-21-19-32(20-22-33)45-24-7-5-6-8-25-46-36(40)4-2/h4,18-23,26-30H,2-3,5-17,24-25H2,1H3,(H,41,42). The third-order valence-electron chi connectivity index (χ3n) is 9.61. The monoisotopic (exact) mass is 662 g/mol. The van der Waals surface area contributed by atoms with Gasteiger partial charge in [-0.3, -0.25) is 9.59 Å². The minimum Gasteiger partial charge on any atom is -0.494 e. The fourth-order valence-electron chi connectivity index (χ4n) is 6.79. The van der Waals surface area contributed by atoms with Crippen LogP contribution in [0.3, 0.4) is 0 Å². The molecule has 0 aliphatic heterocycles. The highest BCUT2D eigenvalue weighted by Crippen LogP contribution is 2.39. The fraction of sp³-hybridized carbons (Fsp3) is 0.538. The molecular formula is C39H50O9. The smallest absolute Gasteiger partial charge is 0.339 e. The summed E-state index contributed by atoms with van der Waals surface area (Å²) >= 11 is 0. The number of unbranched alkanes of at least 4 members (excludes halogenated alkanes) is 3. The molecule has 0 atom stereocenters. The molecule has 48 heavy (non-hydrogen) atoms. The van der Waals surface area contributed by atoms with Crippen LogP contribution in [0.5, 0.6) is 17.2 Å². The Morgan fingerprint density at radius 1 is 0.771 bits per heavy atom. The molecule has 9 nitrogen and oxygen atoms in total. The minimum absolute atomic E-state index is 0.0194. The number of carbonyl (C=O) groups excluding carboxylic acids is 3. The van der Waals surface area contributed by atoms with E-state index in [0.29, 0.717) is 56.3 Å². The molecule has 260 valence electrons. The number of carboxylic acids is 1. The molecule has 2 fully saturated rings. The van der Waals surface area contributed by atoms with Crippen molar-refractivity contribution in [1.82, 2.24) is 0 Å². The highest BCUT2D eigenvalue weighted by molar-refractivity contribution is 5.92. The van der Waals surface area contributed by atoms with Crippen molar-refractivity contribution in [2.45, 2.75) is 103 Å². The topological polar surface area (TPSA) is 125 Å². The van der Waals surface area contributed by atoms with Crippen LogP contribution in [0.4, 0.5) is 0 Å². The Morgan fingerprint density at radius 2 is 1.38 bits per heavy atom. The van der Waals surface area contributed by atoms with E-state index in [2.05, 4.69) is 13.5 Å². The van der Waals surface area contributed by atoms with E-state index >= 15 is 0 Å². The van der Waals surface area contributed by atoms with Crippen molar-refractivity contribution in [2.75, 3.05) is 13.2 Å². The lowest BCUT2D eigenvalue weighted by Crippen LogP contribution is -2.30. The number of aromatic carboxylic acids is 1. The van der Waals surface area contributed by atoms with E-state index in [1.165, 1.54) is 12.8 Å². The molecule has 0 radical (unpaired) electrons. The number of ether oxygens (including phenoxy) is 4. The summed E-state index contributed by atoms with van der Waals surface area (Å²) in [5.41, 5.74) is 1.02. The lowest BCUT2D eigenvalue weighted by Gasteiger charge is -2.29. The summed E-state index contributed by atoms with van der Waals surface area (Å²) in [6.45, 7) is 6.53. The Balaban J connectivity index is 1.17. The molecule has 0 aromatic heterocycles. The molecule has 0 heterocycles. The molecule has 0 spiro atoms. The number of benzene rings is 2. The van der Waals surface area contributed by atoms with Gasteiger partial charge >= 0.3 is 23.9 Å². The molecule has 2 aromatic carbocycles. The van der Waals surface area contributed by atoms with Crippen LogP contribution in [-0.2, 0) is 19.1 Å². The summed E-state index contributed by atoms with van der Waals surface area (Å²) in [5.74, 6) is -0.746. The molecule has 4 rings (SSSR count). The van der Waals surface area contributed by atoms with Gasteiger partial charge in [0.2, 0.25) is 0 Å². The van der Waals surface area contributed by atoms with Gasteiger partial charge in [0, 0.05) is 6.08 Å². The number of carboxylic acid groups (broad SMARTS) is 1. The van der Waals surface area contributed by atoms with Crippen LogP contribution in [0.15, 0.2) is 55.1 Å². The third-order valence-corrected chi connectivity index (χ3v) is 9.61. The Kier molecular flexibility index (Phi) is 14.5. The van der Waals surface area contributed by atoms with Gasteiger partial charge in [0.05, 0.1) is 25.0 Å². The van der Waals surface area contributed by atoms with Gasteiger partial charge in [0.15, 0.2) is 0 Å². The summed E-state index contributed by atoms with van der Waals surface area (Å²) in [5, 5.41) is 9.89. The summed E-state index contributed by atoms with van der Waals surface area (Å²) in [6, 6.07) is 12.1. The molecule has 0 saturated heterocycles. The molecule has 1 N–H and O–H groups in total. The number of hydrogen-bond acceptors (Lipinski definition) is 8. The average molecular weight is 663 g/mol. The third kappa shape index (κ3) is 11.2. The number of carbonyl (C=O) groups is 4. The van der Waals surface area contributed by atoms with Crippen molar-refractivity contribution >= 4 is 23.9 Å². The van der Waals surface area contributed by atoms with Gasteiger partial charge in [-0.15, -0.1) is 0 Å². The van der Waals surface area contributed by atoms with Crippen LogP contribution in [0.25, 0.3) is 0 Å². The first kappa shape index (κ1) is 36.7. The highest BCUT2D eigenvalue weighted by atomic mass is 16.5. The number of hydrogen-bond donors (Lipinski definition) is 1. The van der Waals surface area contributed by atoms with Crippen molar-refractivity contribution < 1.29 is 43.2 Å². The zero-order chi connectivity index (χ0) is 34.3. The first-order valence-corrected chi connectivity index (χ1v) is 17.6. The maximum Gasteiger partial charge on any atom is 0.339 e. The molecule has 0 unspecified atom stereocenters. The van der Waals surface area contributed by atoms with Gasteiger partial charge in [-0.25, -0.2) is 9.59 Å². The summed E-state index contributed by atoms with van der Waals surface area (Å²) < 4.78 is 22.0. The highest BCUT2D eigenvalue weighted by Gasteiger charge is 2.33. The van der Waals surface area contributed by atoms with Crippen molar-refractivity contribution in [3.63, 3.8) is 0 Å². The molecule has 2 aliphatic carbocycles. The van der Waals surface area contributed by atoms with E-state index in [9.17, 15) is 24.3 Å². The normalized spacial score (nSPS) is 20.7. The van der Waals surface area contributed by atoms with Crippen LogP contribution in [0.1, 0.15) is 119 Å². The Morgan fingerprint density at radius 3 is 1.98 bits per heavy atom. The number of esters is 3. The van der Waals surface area contributed by atoms with Crippen molar-refractivity contribution in [1.29, 1.82) is 0 Å². The average Bonchev–Trinajstić information content (AvgIpc) is 3.10. The summed E-state index contributed by atoms with van der Waals surface area (Å²) in [7, 11) is 0. The van der Waals surface area contributed by atoms with Gasteiger partial charge in [0.25, 0.3) is 0 Å².